The van der Waals surface area contributed by atoms with Crippen LogP contribution in [0.5, 0.6) is 11.5 Å². The Hall–Kier alpha value is -1.78. The van der Waals surface area contributed by atoms with E-state index in [4.69, 9.17) is 9.47 Å². The molecule has 0 N–H and O–H groups in total. The van der Waals surface area contributed by atoms with Gasteiger partial charge in [-0.05, 0) is 19.9 Å². The molecule has 0 aromatic heterocycles. The Morgan fingerprint density at radius 2 is 2.14 bits per heavy atom. The van der Waals surface area contributed by atoms with E-state index in [1.807, 2.05) is 0 Å². The summed E-state index contributed by atoms with van der Waals surface area (Å²) in [6.45, 7) is 3.49. The quantitative estimate of drug-likeness (QED) is 0.507. The van der Waals surface area contributed by atoms with Gasteiger partial charge in [-0.3, -0.25) is 10.1 Å². The Morgan fingerprint density at radius 1 is 1.43 bits per heavy atom. The lowest BCUT2D eigenvalue weighted by molar-refractivity contribution is -0.386. The molecule has 0 unspecified atom stereocenters. The highest BCUT2D eigenvalue weighted by molar-refractivity contribution is 5.61. The maximum absolute atomic E-state index is 10.8. The number of benzene rings is 1. The summed E-state index contributed by atoms with van der Waals surface area (Å²) in [6, 6.07) is 1.63. The molecule has 14 heavy (non-hydrogen) atoms. The second-order valence-electron chi connectivity index (χ2n) is 3.16. The fraction of sp³-hybridized carbons (Fsp3) is 0.333. The molecule has 0 spiro atoms. The van der Waals surface area contributed by atoms with Crippen LogP contribution in [-0.2, 0) is 0 Å². The van der Waals surface area contributed by atoms with E-state index < -0.39 is 4.92 Å². The molecule has 0 saturated heterocycles. The van der Waals surface area contributed by atoms with Crippen molar-refractivity contribution in [3.05, 3.63) is 27.3 Å². The summed E-state index contributed by atoms with van der Waals surface area (Å²) in [6.07, 6.45) is 0. The number of ether oxygens (including phenoxy) is 2. The molecule has 0 saturated carbocycles. The minimum Gasteiger partial charge on any atom is -0.454 e. The first kappa shape index (κ1) is 8.80. The molecular weight excluding hydrogens is 186 g/mol. The molecule has 0 atom stereocenters. The van der Waals surface area contributed by atoms with Gasteiger partial charge in [0.15, 0.2) is 11.5 Å². The Morgan fingerprint density at radius 3 is 2.79 bits per heavy atom. The van der Waals surface area contributed by atoms with Gasteiger partial charge in [-0.25, -0.2) is 0 Å². The first-order valence-corrected chi connectivity index (χ1v) is 4.15. The van der Waals surface area contributed by atoms with Crippen LogP contribution in [0.15, 0.2) is 6.07 Å². The lowest BCUT2D eigenvalue weighted by Crippen LogP contribution is -1.96. The summed E-state index contributed by atoms with van der Waals surface area (Å²) >= 11 is 0. The van der Waals surface area contributed by atoms with Gasteiger partial charge < -0.3 is 9.47 Å². The normalized spacial score (nSPS) is 13.0. The monoisotopic (exact) mass is 195 g/mol. The summed E-state index contributed by atoms with van der Waals surface area (Å²) in [5.41, 5.74) is 1.23. The topological polar surface area (TPSA) is 61.6 Å². The first-order valence-electron chi connectivity index (χ1n) is 4.15. The van der Waals surface area contributed by atoms with Crippen molar-refractivity contribution < 1.29 is 14.4 Å². The van der Waals surface area contributed by atoms with Gasteiger partial charge >= 0.3 is 0 Å². The van der Waals surface area contributed by atoms with Gasteiger partial charge in [-0.1, -0.05) is 0 Å². The van der Waals surface area contributed by atoms with Crippen LogP contribution < -0.4 is 9.47 Å². The van der Waals surface area contributed by atoms with Crippen LogP contribution in [0.25, 0.3) is 0 Å². The van der Waals surface area contributed by atoms with Crippen molar-refractivity contribution in [1.82, 2.24) is 0 Å². The molecule has 0 radical (unpaired) electrons. The summed E-state index contributed by atoms with van der Waals surface area (Å²) in [4.78, 5) is 10.4. The second kappa shape index (κ2) is 2.87. The lowest BCUT2D eigenvalue weighted by Gasteiger charge is -2.04. The SMILES string of the molecule is Cc1cc2c(c(C)c1[N+](=O)[O-])OCO2. The van der Waals surface area contributed by atoms with E-state index in [0.29, 0.717) is 22.6 Å². The second-order valence-corrected chi connectivity index (χ2v) is 3.16. The first-order chi connectivity index (χ1) is 6.61. The van der Waals surface area contributed by atoms with Gasteiger partial charge in [0.25, 0.3) is 5.69 Å². The highest BCUT2D eigenvalue weighted by Gasteiger charge is 2.26. The highest BCUT2D eigenvalue weighted by atomic mass is 16.7. The number of hydrogen-bond acceptors (Lipinski definition) is 4. The smallest absolute Gasteiger partial charge is 0.279 e. The number of aryl methyl sites for hydroxylation is 1. The van der Waals surface area contributed by atoms with Crippen LogP contribution in [0.2, 0.25) is 0 Å². The van der Waals surface area contributed by atoms with Crippen molar-refractivity contribution in [2.24, 2.45) is 0 Å². The van der Waals surface area contributed by atoms with Crippen molar-refractivity contribution >= 4 is 5.69 Å². The fourth-order valence-corrected chi connectivity index (χ4v) is 1.64. The number of fused-ring (bicyclic) bond motifs is 1. The zero-order valence-electron chi connectivity index (χ0n) is 7.86. The molecule has 0 fully saturated rings. The molecule has 1 aliphatic heterocycles. The van der Waals surface area contributed by atoms with E-state index in [9.17, 15) is 10.1 Å². The predicted molar refractivity (Wildman–Crippen MR) is 48.7 cm³/mol. The van der Waals surface area contributed by atoms with Crippen molar-refractivity contribution in [1.29, 1.82) is 0 Å². The molecule has 0 bridgehead atoms. The summed E-state index contributed by atoms with van der Waals surface area (Å²) < 4.78 is 10.3. The van der Waals surface area contributed by atoms with E-state index in [1.54, 1.807) is 19.9 Å². The summed E-state index contributed by atoms with van der Waals surface area (Å²) in [5.74, 6) is 1.08. The zero-order chi connectivity index (χ0) is 10.3. The molecule has 74 valence electrons. The molecular formula is C9H9NO4. The van der Waals surface area contributed by atoms with Gasteiger partial charge in [0.05, 0.1) is 10.5 Å². The molecule has 0 amide bonds. The maximum Gasteiger partial charge on any atom is 0.279 e. The highest BCUT2D eigenvalue weighted by Crippen LogP contribution is 2.41. The molecule has 0 aliphatic carbocycles. The van der Waals surface area contributed by atoms with Crippen molar-refractivity contribution in [2.45, 2.75) is 13.8 Å². The number of nitrogens with zero attached hydrogens (tertiary/aromatic N) is 1. The van der Waals surface area contributed by atoms with E-state index in [1.165, 1.54) is 0 Å². The van der Waals surface area contributed by atoms with Crippen molar-refractivity contribution in [3.63, 3.8) is 0 Å². The number of nitro groups is 1. The third kappa shape index (κ3) is 1.09. The minimum atomic E-state index is -0.396. The van der Waals surface area contributed by atoms with Gasteiger partial charge in [0, 0.05) is 5.56 Å². The van der Waals surface area contributed by atoms with Crippen LogP contribution in [0.4, 0.5) is 5.69 Å². The van der Waals surface area contributed by atoms with Crippen LogP contribution >= 0.6 is 0 Å². The van der Waals surface area contributed by atoms with E-state index in [0.717, 1.165) is 0 Å². The lowest BCUT2D eigenvalue weighted by atomic mass is 10.1. The summed E-state index contributed by atoms with van der Waals surface area (Å²) in [5, 5.41) is 10.8. The third-order valence-corrected chi connectivity index (χ3v) is 2.24. The number of hydrogen-bond donors (Lipinski definition) is 0. The number of rotatable bonds is 1. The Labute approximate surface area is 80.4 Å². The molecule has 1 aromatic carbocycles. The van der Waals surface area contributed by atoms with Crippen LogP contribution in [0, 0.1) is 24.0 Å². The van der Waals surface area contributed by atoms with Gasteiger partial charge in [-0.15, -0.1) is 0 Å². The predicted octanol–water partition coefficient (Wildman–Crippen LogP) is 1.94. The Bertz CT molecular complexity index is 414. The van der Waals surface area contributed by atoms with Gasteiger partial charge in [-0.2, -0.15) is 0 Å². The molecule has 2 rings (SSSR count). The van der Waals surface area contributed by atoms with Gasteiger partial charge in [0.2, 0.25) is 6.79 Å². The maximum atomic E-state index is 10.8. The Kier molecular flexibility index (Phi) is 1.80. The number of nitro benzene ring substituents is 1. The van der Waals surface area contributed by atoms with Crippen LogP contribution in [-0.4, -0.2) is 11.7 Å². The van der Waals surface area contributed by atoms with Gasteiger partial charge in [0.1, 0.15) is 0 Å². The minimum absolute atomic E-state index is 0.106. The van der Waals surface area contributed by atoms with E-state index >= 15 is 0 Å². The molecule has 5 heteroatoms. The molecule has 1 aliphatic rings. The molecule has 5 nitrogen and oxygen atoms in total. The van der Waals surface area contributed by atoms with E-state index in [2.05, 4.69) is 0 Å². The standard InChI is InChI=1S/C9H9NO4/c1-5-3-7-9(14-4-13-7)6(2)8(5)10(11)12/h3H,4H2,1-2H3. The fourth-order valence-electron chi connectivity index (χ4n) is 1.64. The summed E-state index contributed by atoms with van der Waals surface area (Å²) in [7, 11) is 0. The third-order valence-electron chi connectivity index (χ3n) is 2.24. The van der Waals surface area contributed by atoms with Crippen LogP contribution in [0.1, 0.15) is 11.1 Å². The average Bonchev–Trinajstić information content (AvgIpc) is 2.50. The molecule has 1 heterocycles. The van der Waals surface area contributed by atoms with Crippen LogP contribution in [0.3, 0.4) is 0 Å². The van der Waals surface area contributed by atoms with Crippen molar-refractivity contribution in [3.8, 4) is 11.5 Å². The Balaban J connectivity index is 2.68. The van der Waals surface area contributed by atoms with Crippen molar-refractivity contribution in [2.75, 3.05) is 6.79 Å². The van der Waals surface area contributed by atoms with E-state index in [-0.39, 0.29) is 12.5 Å². The average molecular weight is 195 g/mol. The molecule has 1 aromatic rings. The zero-order valence-corrected chi connectivity index (χ0v) is 7.86. The largest absolute Gasteiger partial charge is 0.454 e.